The van der Waals surface area contributed by atoms with Gasteiger partial charge in [0.1, 0.15) is 0 Å². The van der Waals surface area contributed by atoms with Crippen molar-refractivity contribution in [1.29, 1.82) is 0 Å². The molecule has 66 valence electrons. The number of aliphatic carboxylic acids is 1. The van der Waals surface area contributed by atoms with Crippen molar-refractivity contribution >= 4 is 20.9 Å². The molecule has 5 N–H and O–H groups in total. The van der Waals surface area contributed by atoms with Crippen molar-refractivity contribution in [3.8, 4) is 0 Å². The van der Waals surface area contributed by atoms with Crippen molar-refractivity contribution < 1.29 is 9.90 Å². The van der Waals surface area contributed by atoms with Gasteiger partial charge in [-0.25, -0.2) is 0 Å². The average Bonchev–Trinajstić information content (AvgIpc) is 1.97. The summed E-state index contributed by atoms with van der Waals surface area (Å²) in [5, 5.41) is 10.0. The van der Waals surface area contributed by atoms with Gasteiger partial charge in [0.25, 0.3) is 0 Å². The molecule has 0 amide bonds. The second-order valence-corrected chi connectivity index (χ2v) is 4.57. The molecule has 11 heavy (non-hydrogen) atoms. The Labute approximate surface area is 72.5 Å². The van der Waals surface area contributed by atoms with Gasteiger partial charge in [-0.15, -0.1) is 0 Å². The molecule has 0 rings (SSSR count). The Hall–Kier alpha value is -0.0905. The van der Waals surface area contributed by atoms with Crippen LogP contribution in [0.25, 0.3) is 0 Å². The van der Waals surface area contributed by atoms with Gasteiger partial charge in [0.2, 0.25) is 0 Å². The van der Waals surface area contributed by atoms with E-state index >= 15 is 0 Å². The van der Waals surface area contributed by atoms with Crippen LogP contribution in [-0.2, 0) is 4.79 Å². The Morgan fingerprint density at radius 3 is 2.73 bits per heavy atom. The van der Waals surface area contributed by atoms with E-state index in [2.05, 4.69) is 0 Å². The van der Waals surface area contributed by atoms with Crippen molar-refractivity contribution in [1.82, 2.24) is 0 Å². The number of carboxylic acids is 1. The number of carboxylic acid groups (broad SMARTS) is 1. The normalized spacial score (nSPS) is 12.9. The fraction of sp³-hybridized carbons (Fsp3) is 0.833. The molecule has 0 aromatic heterocycles. The van der Waals surface area contributed by atoms with Crippen LogP contribution in [0.1, 0.15) is 6.42 Å². The molecule has 0 bridgehead atoms. The molecule has 0 aromatic rings. The fourth-order valence-corrected chi connectivity index (χ4v) is 2.43. The van der Waals surface area contributed by atoms with E-state index in [9.17, 15) is 4.79 Å². The third kappa shape index (κ3) is 6.31. The van der Waals surface area contributed by atoms with Crippen LogP contribution in [0.15, 0.2) is 0 Å². The predicted molar refractivity (Wildman–Crippen MR) is 44.7 cm³/mol. The van der Waals surface area contributed by atoms with Crippen LogP contribution in [0.4, 0.5) is 0 Å². The van der Waals surface area contributed by atoms with Crippen LogP contribution in [-0.4, -0.2) is 38.6 Å². The Bertz CT molecular complexity index is 121. The molecule has 0 saturated heterocycles. The second-order valence-electron chi connectivity index (χ2n) is 2.16. The monoisotopic (exact) mass is 226 g/mol. The van der Waals surface area contributed by atoms with Crippen LogP contribution < -0.4 is 11.5 Å². The van der Waals surface area contributed by atoms with E-state index < -0.39 is 12.0 Å². The van der Waals surface area contributed by atoms with Gasteiger partial charge >= 0.3 is 71.9 Å². The van der Waals surface area contributed by atoms with Gasteiger partial charge in [-0.1, -0.05) is 0 Å². The zero-order valence-corrected chi connectivity index (χ0v) is 8.04. The summed E-state index contributed by atoms with van der Waals surface area (Å²) in [7, 11) is 0. The Balaban J connectivity index is 3.17. The first-order valence-electron chi connectivity index (χ1n) is 3.44. The molecule has 4 nitrogen and oxygen atoms in total. The first kappa shape index (κ1) is 10.9. The van der Waals surface area contributed by atoms with E-state index in [0.717, 1.165) is 11.7 Å². The molecule has 1 atom stereocenters. The van der Waals surface area contributed by atoms with Crippen molar-refractivity contribution in [2.45, 2.75) is 23.1 Å². The quantitative estimate of drug-likeness (QED) is 0.411. The third-order valence-electron chi connectivity index (χ3n) is 1.11. The van der Waals surface area contributed by atoms with Gasteiger partial charge in [0.15, 0.2) is 0 Å². The van der Waals surface area contributed by atoms with Gasteiger partial charge in [0.05, 0.1) is 0 Å². The Kier molecular flexibility index (Phi) is 6.55. The summed E-state index contributed by atoms with van der Waals surface area (Å²) < 4.78 is 0. The average molecular weight is 225 g/mol. The molecule has 0 aromatic carbocycles. The predicted octanol–water partition coefficient (Wildman–Crippen LogP) is -0.712. The van der Waals surface area contributed by atoms with Gasteiger partial charge in [-0.2, -0.15) is 0 Å². The molecule has 5 heteroatoms. The van der Waals surface area contributed by atoms with Gasteiger partial charge in [-0.05, 0) is 0 Å². The summed E-state index contributed by atoms with van der Waals surface area (Å²) in [5.74, 6) is -0.903. The van der Waals surface area contributed by atoms with E-state index in [0.29, 0.717) is 26.8 Å². The maximum atomic E-state index is 10.2. The minimum atomic E-state index is -0.903. The van der Waals surface area contributed by atoms with Crippen LogP contribution in [0.3, 0.4) is 0 Å². The standard InChI is InChI=1S/C6H14N2O2Se/c7-2-1-3-11-4-5(8)6(9)10/h5H,1-4,7-8H2,(H,9,10). The molecule has 0 fully saturated rings. The minimum absolute atomic E-state index is 0.344. The molecule has 0 saturated carbocycles. The molecular weight excluding hydrogens is 211 g/mol. The van der Waals surface area contributed by atoms with Crippen LogP contribution >= 0.6 is 0 Å². The second kappa shape index (κ2) is 6.61. The molecule has 0 aliphatic heterocycles. The summed E-state index contributed by atoms with van der Waals surface area (Å²) in [4.78, 5) is 10.2. The van der Waals surface area contributed by atoms with Crippen LogP contribution in [0.5, 0.6) is 0 Å². The summed E-state index contributed by atoms with van der Waals surface area (Å²) in [5.41, 5.74) is 10.6. The summed E-state index contributed by atoms with van der Waals surface area (Å²) >= 11 is 0.344. The van der Waals surface area contributed by atoms with Crippen molar-refractivity contribution in [2.75, 3.05) is 6.54 Å². The third-order valence-corrected chi connectivity index (χ3v) is 3.57. The van der Waals surface area contributed by atoms with Crippen molar-refractivity contribution in [3.05, 3.63) is 0 Å². The Morgan fingerprint density at radius 1 is 1.64 bits per heavy atom. The topological polar surface area (TPSA) is 89.3 Å². The first-order chi connectivity index (χ1) is 5.18. The van der Waals surface area contributed by atoms with E-state index in [1.807, 2.05) is 0 Å². The summed E-state index contributed by atoms with van der Waals surface area (Å²) in [6.07, 6.45) is 0.979. The fourth-order valence-electron chi connectivity index (χ4n) is 0.467. The summed E-state index contributed by atoms with van der Waals surface area (Å²) in [6.45, 7) is 0.685. The molecule has 0 aliphatic rings. The molecule has 0 aliphatic carbocycles. The molecule has 0 spiro atoms. The number of hydrogen-bond donors (Lipinski definition) is 3. The zero-order chi connectivity index (χ0) is 8.69. The van der Waals surface area contributed by atoms with Crippen LogP contribution in [0, 0.1) is 0 Å². The van der Waals surface area contributed by atoms with Crippen LogP contribution in [0.2, 0.25) is 10.6 Å². The molecule has 1 unspecified atom stereocenters. The van der Waals surface area contributed by atoms with E-state index in [1.165, 1.54) is 0 Å². The molecular formula is C6H14N2O2Se. The summed E-state index contributed by atoms with van der Waals surface area (Å²) in [6, 6.07) is -0.673. The molecule has 0 heterocycles. The first-order valence-corrected chi connectivity index (χ1v) is 5.87. The molecule has 0 radical (unpaired) electrons. The van der Waals surface area contributed by atoms with E-state index in [4.69, 9.17) is 16.6 Å². The van der Waals surface area contributed by atoms with Crippen molar-refractivity contribution in [3.63, 3.8) is 0 Å². The van der Waals surface area contributed by atoms with Gasteiger partial charge in [0, 0.05) is 0 Å². The number of hydrogen-bond acceptors (Lipinski definition) is 3. The van der Waals surface area contributed by atoms with Gasteiger partial charge < -0.3 is 0 Å². The Morgan fingerprint density at radius 2 is 2.27 bits per heavy atom. The zero-order valence-electron chi connectivity index (χ0n) is 6.32. The van der Waals surface area contributed by atoms with Crippen molar-refractivity contribution in [2.24, 2.45) is 11.5 Å². The number of rotatable bonds is 6. The number of carbonyl (C=O) groups is 1. The maximum absolute atomic E-state index is 10.2. The van der Waals surface area contributed by atoms with Gasteiger partial charge in [-0.3, -0.25) is 0 Å². The number of nitrogens with two attached hydrogens (primary N) is 2. The SMILES string of the molecule is NCCC[Se]CC(N)C(=O)O. The van der Waals surface area contributed by atoms with E-state index in [-0.39, 0.29) is 0 Å². The van der Waals surface area contributed by atoms with E-state index in [1.54, 1.807) is 0 Å².